The quantitative estimate of drug-likeness (QED) is 0.606. The SMILES string of the molecule is Cc1nc(C(C)(CC2CC2)NC(=O)c2cc(OCC(F)(F)F)c(C3(F)COC3)cn2)no1. The van der Waals surface area contributed by atoms with E-state index in [2.05, 4.69) is 20.4 Å². The van der Waals surface area contributed by atoms with Crippen molar-refractivity contribution in [2.24, 2.45) is 5.92 Å². The van der Waals surface area contributed by atoms with Gasteiger partial charge in [0.05, 0.1) is 18.8 Å². The van der Waals surface area contributed by atoms with Gasteiger partial charge >= 0.3 is 6.18 Å². The molecule has 12 heteroatoms. The summed E-state index contributed by atoms with van der Waals surface area (Å²) in [6.45, 7) is 1.06. The van der Waals surface area contributed by atoms with Gasteiger partial charge in [-0.1, -0.05) is 18.0 Å². The Morgan fingerprint density at radius 3 is 2.59 bits per heavy atom. The van der Waals surface area contributed by atoms with E-state index in [0.29, 0.717) is 18.2 Å². The molecule has 8 nitrogen and oxygen atoms in total. The Labute approximate surface area is 180 Å². The van der Waals surface area contributed by atoms with Crippen molar-refractivity contribution >= 4 is 5.91 Å². The van der Waals surface area contributed by atoms with Crippen molar-refractivity contribution in [2.45, 2.75) is 50.5 Å². The van der Waals surface area contributed by atoms with Crippen molar-refractivity contribution in [2.75, 3.05) is 19.8 Å². The average molecular weight is 458 g/mol. The van der Waals surface area contributed by atoms with Crippen molar-refractivity contribution in [1.29, 1.82) is 0 Å². The zero-order valence-corrected chi connectivity index (χ0v) is 17.5. The minimum Gasteiger partial charge on any atom is -0.484 e. The summed E-state index contributed by atoms with van der Waals surface area (Å²) in [7, 11) is 0. The second-order valence-electron chi connectivity index (χ2n) is 8.50. The predicted molar refractivity (Wildman–Crippen MR) is 101 cm³/mol. The lowest BCUT2D eigenvalue weighted by atomic mass is 9.93. The summed E-state index contributed by atoms with van der Waals surface area (Å²) in [5.74, 6) is -0.0956. The summed E-state index contributed by atoms with van der Waals surface area (Å²) in [6.07, 6.45) is -1.06. The van der Waals surface area contributed by atoms with E-state index in [1.807, 2.05) is 0 Å². The molecule has 2 aliphatic rings. The number of carbonyl (C=O) groups is 1. The standard InChI is InChI=1S/C20H22F4N4O4/c1-11-26-17(28-32-11)18(2,6-12-3-4-12)27-16(29)14-5-15(31-10-20(22,23)24)13(7-25-14)19(21)8-30-9-19/h5,7,12H,3-4,6,8-10H2,1-2H3,(H,27,29). The highest BCUT2D eigenvalue weighted by molar-refractivity contribution is 5.93. The summed E-state index contributed by atoms with van der Waals surface area (Å²) < 4.78 is 67.7. The molecule has 1 N–H and O–H groups in total. The Kier molecular flexibility index (Phi) is 5.60. The van der Waals surface area contributed by atoms with Crippen LogP contribution in [-0.4, -0.2) is 47.0 Å². The molecule has 32 heavy (non-hydrogen) atoms. The van der Waals surface area contributed by atoms with E-state index in [0.717, 1.165) is 25.1 Å². The molecule has 1 unspecified atom stereocenters. The molecule has 1 amide bonds. The maximum absolute atomic E-state index is 14.8. The normalized spacial score (nSPS) is 19.7. The van der Waals surface area contributed by atoms with Crippen molar-refractivity contribution < 1.29 is 36.4 Å². The van der Waals surface area contributed by atoms with Crippen LogP contribution in [0.1, 0.15) is 54.0 Å². The second kappa shape index (κ2) is 7.98. The van der Waals surface area contributed by atoms with Crippen LogP contribution in [0.3, 0.4) is 0 Å². The molecule has 0 radical (unpaired) electrons. The fourth-order valence-electron chi connectivity index (χ4n) is 3.55. The largest absolute Gasteiger partial charge is 0.484 e. The summed E-state index contributed by atoms with van der Waals surface area (Å²) in [5.41, 5.74) is -3.42. The number of rotatable bonds is 8. The van der Waals surface area contributed by atoms with Gasteiger partial charge in [-0.05, 0) is 19.3 Å². The molecule has 2 aromatic heterocycles. The number of carbonyl (C=O) groups excluding carboxylic acids is 1. The van der Waals surface area contributed by atoms with Crippen LogP contribution < -0.4 is 10.1 Å². The Morgan fingerprint density at radius 2 is 2.06 bits per heavy atom. The maximum atomic E-state index is 14.8. The number of hydrogen-bond acceptors (Lipinski definition) is 7. The van der Waals surface area contributed by atoms with Gasteiger partial charge in [0.1, 0.15) is 17.0 Å². The van der Waals surface area contributed by atoms with Crippen LogP contribution in [-0.2, 0) is 15.9 Å². The van der Waals surface area contributed by atoms with Crippen LogP contribution in [0, 0.1) is 12.8 Å². The van der Waals surface area contributed by atoms with E-state index in [-0.39, 0.29) is 30.3 Å². The molecule has 0 bridgehead atoms. The molecule has 174 valence electrons. The van der Waals surface area contributed by atoms with E-state index >= 15 is 0 Å². The molecule has 2 aromatic rings. The fraction of sp³-hybridized carbons (Fsp3) is 0.600. The summed E-state index contributed by atoms with van der Waals surface area (Å²) in [4.78, 5) is 21.2. The molecule has 1 saturated heterocycles. The van der Waals surface area contributed by atoms with Gasteiger partial charge in [-0.15, -0.1) is 0 Å². The Morgan fingerprint density at radius 1 is 1.34 bits per heavy atom. The lowest BCUT2D eigenvalue weighted by molar-refractivity contribution is -0.156. The van der Waals surface area contributed by atoms with Gasteiger partial charge in [-0.25, -0.2) is 4.39 Å². The molecule has 2 fully saturated rings. The molecular formula is C20H22F4N4O4. The minimum absolute atomic E-state index is 0.195. The van der Waals surface area contributed by atoms with Gasteiger partial charge < -0.3 is 19.3 Å². The van der Waals surface area contributed by atoms with E-state index in [1.165, 1.54) is 0 Å². The van der Waals surface area contributed by atoms with Gasteiger partial charge in [0, 0.05) is 19.2 Å². The molecule has 0 spiro atoms. The van der Waals surface area contributed by atoms with Gasteiger partial charge in [0.2, 0.25) is 5.89 Å². The van der Waals surface area contributed by atoms with Gasteiger partial charge in [-0.3, -0.25) is 9.78 Å². The predicted octanol–water partition coefficient (Wildman–Crippen LogP) is 3.35. The van der Waals surface area contributed by atoms with Crippen LogP contribution in [0.4, 0.5) is 17.6 Å². The van der Waals surface area contributed by atoms with E-state index in [9.17, 15) is 22.4 Å². The monoisotopic (exact) mass is 458 g/mol. The molecule has 1 aliphatic carbocycles. The number of ether oxygens (including phenoxy) is 2. The van der Waals surface area contributed by atoms with Gasteiger partial charge in [0.15, 0.2) is 18.1 Å². The third-order valence-corrected chi connectivity index (χ3v) is 5.44. The highest BCUT2D eigenvalue weighted by Crippen LogP contribution is 2.41. The van der Waals surface area contributed by atoms with Crippen LogP contribution >= 0.6 is 0 Å². The number of aromatic nitrogens is 3. The Hall–Kier alpha value is -2.76. The number of halogens is 4. The lowest BCUT2D eigenvalue weighted by Gasteiger charge is -2.35. The van der Waals surface area contributed by atoms with E-state index < -0.39 is 35.6 Å². The summed E-state index contributed by atoms with van der Waals surface area (Å²) in [6, 6.07) is 1.01. The number of amides is 1. The maximum Gasteiger partial charge on any atom is 0.422 e. The number of aryl methyl sites for hydroxylation is 1. The first kappa shape index (κ1) is 22.4. The third-order valence-electron chi connectivity index (χ3n) is 5.44. The minimum atomic E-state index is -4.64. The average Bonchev–Trinajstić information content (AvgIpc) is 3.39. The highest BCUT2D eigenvalue weighted by Gasteiger charge is 2.45. The number of alkyl halides is 4. The summed E-state index contributed by atoms with van der Waals surface area (Å²) in [5, 5.41) is 6.73. The Balaban J connectivity index is 1.60. The molecule has 3 heterocycles. The first-order chi connectivity index (χ1) is 15.0. The number of hydrogen-bond donors (Lipinski definition) is 1. The first-order valence-corrected chi connectivity index (χ1v) is 10.1. The van der Waals surface area contributed by atoms with Gasteiger partial charge in [-0.2, -0.15) is 18.2 Å². The number of nitrogens with one attached hydrogen (secondary N) is 1. The van der Waals surface area contributed by atoms with Gasteiger partial charge in [0.25, 0.3) is 5.91 Å². The summed E-state index contributed by atoms with van der Waals surface area (Å²) >= 11 is 0. The van der Waals surface area contributed by atoms with Crippen LogP contribution in [0.15, 0.2) is 16.8 Å². The highest BCUT2D eigenvalue weighted by atomic mass is 19.4. The zero-order valence-electron chi connectivity index (χ0n) is 17.5. The van der Waals surface area contributed by atoms with Crippen LogP contribution in [0.25, 0.3) is 0 Å². The smallest absolute Gasteiger partial charge is 0.422 e. The molecule has 0 aromatic carbocycles. The number of pyridine rings is 1. The molecule has 1 saturated carbocycles. The van der Waals surface area contributed by atoms with Crippen LogP contribution in [0.2, 0.25) is 0 Å². The fourth-order valence-corrected chi connectivity index (χ4v) is 3.55. The first-order valence-electron chi connectivity index (χ1n) is 10.1. The van der Waals surface area contributed by atoms with E-state index in [4.69, 9.17) is 14.0 Å². The van der Waals surface area contributed by atoms with Crippen molar-refractivity contribution in [1.82, 2.24) is 20.4 Å². The van der Waals surface area contributed by atoms with Crippen LogP contribution in [0.5, 0.6) is 5.75 Å². The van der Waals surface area contributed by atoms with Crippen molar-refractivity contribution in [3.05, 3.63) is 35.2 Å². The van der Waals surface area contributed by atoms with Crippen molar-refractivity contribution in [3.8, 4) is 5.75 Å². The zero-order chi connectivity index (χ0) is 23.1. The second-order valence-corrected chi connectivity index (χ2v) is 8.50. The topological polar surface area (TPSA) is 99.4 Å². The lowest BCUT2D eigenvalue weighted by Crippen LogP contribution is -2.45. The third kappa shape index (κ3) is 4.84. The number of nitrogens with zero attached hydrogens (tertiary/aromatic N) is 3. The Bertz CT molecular complexity index is 1000. The van der Waals surface area contributed by atoms with E-state index in [1.54, 1.807) is 13.8 Å². The molecular weight excluding hydrogens is 436 g/mol. The molecule has 4 rings (SSSR count). The van der Waals surface area contributed by atoms with Crippen molar-refractivity contribution in [3.63, 3.8) is 0 Å². The molecule has 1 atom stereocenters. The molecule has 1 aliphatic heterocycles.